The fourth-order valence-electron chi connectivity index (χ4n) is 5.32. The molecule has 0 radical (unpaired) electrons. The monoisotopic (exact) mass is 539 g/mol. The fourth-order valence-corrected chi connectivity index (χ4v) is 5.32. The number of carbonyl (C=O) groups excluding carboxylic acids is 1. The molecule has 3 N–H and O–H groups in total. The third kappa shape index (κ3) is 5.86. The number of amides is 1. The highest BCUT2D eigenvalue weighted by Crippen LogP contribution is 2.27. The summed E-state index contributed by atoms with van der Waals surface area (Å²) in [6, 6.07) is 18.8. The number of aliphatic imine (C=N–C) groups is 1. The number of aromatic nitrogens is 1. The second-order valence-electron chi connectivity index (χ2n) is 10.00. The predicted molar refractivity (Wildman–Crippen MR) is 154 cm³/mol. The number of nitrogens with two attached hydrogens (primary N) is 1. The van der Waals surface area contributed by atoms with Gasteiger partial charge in [-0.1, -0.05) is 47.2 Å². The zero-order valence-corrected chi connectivity index (χ0v) is 22.7. The summed E-state index contributed by atoms with van der Waals surface area (Å²) in [5.74, 6) is 6.06. The molecule has 4 aromatic rings. The number of carbonyl (C=O) groups is 1. The van der Waals surface area contributed by atoms with Crippen molar-refractivity contribution >= 4 is 22.6 Å². The molecule has 3 heterocycles. The SMILES string of the molecule is Cc1cc(C)c2[nH]c(=O)c(C(C(N=NN)=NCCc3ccccc3)N3CCN(C(=O)c4ccco4)CC3)cc2c1. The first-order chi connectivity index (χ1) is 19.4. The van der Waals surface area contributed by atoms with Crippen molar-refractivity contribution < 1.29 is 9.21 Å². The number of aryl methyl sites for hydroxylation is 2. The molecule has 0 saturated carbocycles. The molecule has 5 rings (SSSR count). The average molecular weight is 540 g/mol. The number of nitrogens with one attached hydrogen (secondary N) is 1. The lowest BCUT2D eigenvalue weighted by molar-refractivity contribution is 0.0581. The molecule has 40 heavy (non-hydrogen) atoms. The van der Waals surface area contributed by atoms with E-state index in [9.17, 15) is 9.59 Å². The van der Waals surface area contributed by atoms with Gasteiger partial charge in [0.1, 0.15) is 6.04 Å². The lowest BCUT2D eigenvalue weighted by Gasteiger charge is -2.38. The van der Waals surface area contributed by atoms with E-state index in [-0.39, 0.29) is 11.5 Å². The first-order valence-corrected chi connectivity index (χ1v) is 13.3. The van der Waals surface area contributed by atoms with E-state index in [1.165, 1.54) is 6.26 Å². The summed E-state index contributed by atoms with van der Waals surface area (Å²) < 4.78 is 5.31. The first kappa shape index (κ1) is 27.0. The molecule has 10 nitrogen and oxygen atoms in total. The van der Waals surface area contributed by atoms with E-state index in [0.29, 0.717) is 56.3 Å². The Balaban J connectivity index is 1.50. The van der Waals surface area contributed by atoms with E-state index in [0.717, 1.165) is 27.6 Å². The highest BCUT2D eigenvalue weighted by molar-refractivity contribution is 5.92. The van der Waals surface area contributed by atoms with Crippen LogP contribution < -0.4 is 11.4 Å². The van der Waals surface area contributed by atoms with Gasteiger partial charge in [0.15, 0.2) is 11.6 Å². The van der Waals surface area contributed by atoms with Gasteiger partial charge in [0.25, 0.3) is 11.5 Å². The van der Waals surface area contributed by atoms with E-state index in [4.69, 9.17) is 15.3 Å². The fraction of sp³-hybridized carbons (Fsp3) is 0.300. The van der Waals surface area contributed by atoms with Crippen LogP contribution in [0.25, 0.3) is 10.9 Å². The number of furan rings is 1. The molecule has 2 aromatic heterocycles. The molecule has 2 aromatic carbocycles. The maximum atomic E-state index is 13.6. The molecule has 0 aliphatic carbocycles. The van der Waals surface area contributed by atoms with Gasteiger partial charge in [-0.15, -0.1) is 5.11 Å². The van der Waals surface area contributed by atoms with Gasteiger partial charge in [0, 0.05) is 38.3 Å². The summed E-state index contributed by atoms with van der Waals surface area (Å²) in [6.45, 7) is 6.38. The summed E-state index contributed by atoms with van der Waals surface area (Å²) in [5.41, 5.74) is 4.33. The Labute approximate surface area is 232 Å². The molecule has 1 aliphatic rings. The number of rotatable bonds is 7. The van der Waals surface area contributed by atoms with Crippen molar-refractivity contribution in [1.29, 1.82) is 0 Å². The quantitative estimate of drug-likeness (QED) is 0.119. The number of aromatic amines is 1. The Morgan fingerprint density at radius 2 is 1.82 bits per heavy atom. The topological polar surface area (TPSA) is 133 Å². The minimum Gasteiger partial charge on any atom is -0.459 e. The van der Waals surface area contributed by atoms with Gasteiger partial charge in [-0.3, -0.25) is 19.5 Å². The largest absolute Gasteiger partial charge is 0.459 e. The zero-order chi connectivity index (χ0) is 28.1. The Morgan fingerprint density at radius 1 is 1.05 bits per heavy atom. The van der Waals surface area contributed by atoms with Gasteiger partial charge >= 0.3 is 0 Å². The Hall–Kier alpha value is -4.57. The number of hydrogen-bond donors (Lipinski definition) is 2. The van der Waals surface area contributed by atoms with Crippen molar-refractivity contribution in [3.63, 3.8) is 0 Å². The van der Waals surface area contributed by atoms with E-state index in [2.05, 4.69) is 26.3 Å². The van der Waals surface area contributed by atoms with Gasteiger partial charge < -0.3 is 20.1 Å². The minimum absolute atomic E-state index is 0.158. The molecule has 0 spiro atoms. The second kappa shape index (κ2) is 12.1. The van der Waals surface area contributed by atoms with Crippen LogP contribution >= 0.6 is 0 Å². The van der Waals surface area contributed by atoms with Gasteiger partial charge in [0.2, 0.25) is 0 Å². The van der Waals surface area contributed by atoms with Crippen LogP contribution in [0.2, 0.25) is 0 Å². The summed E-state index contributed by atoms with van der Waals surface area (Å²) in [4.78, 5) is 38.2. The maximum absolute atomic E-state index is 13.6. The second-order valence-corrected chi connectivity index (χ2v) is 10.00. The van der Waals surface area contributed by atoms with Crippen molar-refractivity contribution in [2.24, 2.45) is 21.2 Å². The lowest BCUT2D eigenvalue weighted by Crippen LogP contribution is -2.51. The standard InChI is InChI=1S/C30H33N7O3/c1-20-17-21(2)26-23(18-20)19-24(29(38)33-26)27(28(34-35-31)32-11-10-22-7-4-3-5-8-22)36-12-14-37(15-13-36)30(39)25-9-6-16-40-25/h3-9,16-19,27H,10-15H2,1-2H3,(H,33,38)(H2,31,32,34). The van der Waals surface area contributed by atoms with E-state index >= 15 is 0 Å². The average Bonchev–Trinajstić information content (AvgIpc) is 3.50. The van der Waals surface area contributed by atoms with Crippen LogP contribution in [-0.2, 0) is 6.42 Å². The minimum atomic E-state index is -0.599. The Bertz CT molecular complexity index is 1590. The highest BCUT2D eigenvalue weighted by atomic mass is 16.3. The number of hydrogen-bond acceptors (Lipinski definition) is 6. The lowest BCUT2D eigenvalue weighted by atomic mass is 10.00. The van der Waals surface area contributed by atoms with Crippen molar-refractivity contribution in [3.8, 4) is 0 Å². The van der Waals surface area contributed by atoms with Gasteiger partial charge in [0.05, 0.1) is 11.8 Å². The molecule has 206 valence electrons. The van der Waals surface area contributed by atoms with E-state index < -0.39 is 6.04 Å². The number of pyridine rings is 1. The van der Waals surface area contributed by atoms with Crippen LogP contribution in [0.15, 0.2) is 91.5 Å². The number of nitrogens with zero attached hydrogens (tertiary/aromatic N) is 5. The number of piperazine rings is 1. The number of fused-ring (bicyclic) bond motifs is 1. The van der Waals surface area contributed by atoms with Crippen LogP contribution in [-0.4, -0.2) is 59.3 Å². The highest BCUT2D eigenvalue weighted by Gasteiger charge is 2.33. The molecular formula is C30H33N7O3. The Morgan fingerprint density at radius 3 is 2.52 bits per heavy atom. The molecule has 10 heteroatoms. The molecule has 1 atom stereocenters. The molecule has 1 saturated heterocycles. The number of H-pyrrole nitrogens is 1. The van der Waals surface area contributed by atoms with Crippen molar-refractivity contribution in [1.82, 2.24) is 14.8 Å². The third-order valence-electron chi connectivity index (χ3n) is 7.24. The third-order valence-corrected chi connectivity index (χ3v) is 7.24. The molecule has 1 fully saturated rings. The molecule has 1 amide bonds. The van der Waals surface area contributed by atoms with Crippen molar-refractivity contribution in [2.75, 3.05) is 32.7 Å². The van der Waals surface area contributed by atoms with Crippen LogP contribution in [0.5, 0.6) is 0 Å². The van der Waals surface area contributed by atoms with Gasteiger partial charge in [-0.05, 0) is 61.0 Å². The van der Waals surface area contributed by atoms with E-state index in [1.807, 2.05) is 56.3 Å². The molecule has 1 aliphatic heterocycles. The van der Waals surface area contributed by atoms with Gasteiger partial charge in [-0.2, -0.15) is 0 Å². The summed E-state index contributed by atoms with van der Waals surface area (Å²) in [5, 5.41) is 8.73. The van der Waals surface area contributed by atoms with Crippen LogP contribution in [0, 0.1) is 13.8 Å². The smallest absolute Gasteiger partial charge is 0.289 e. The molecule has 0 bridgehead atoms. The van der Waals surface area contributed by atoms with Crippen LogP contribution in [0.1, 0.15) is 38.9 Å². The summed E-state index contributed by atoms with van der Waals surface area (Å²) in [6.07, 6.45) is 2.19. The summed E-state index contributed by atoms with van der Waals surface area (Å²) in [7, 11) is 0. The maximum Gasteiger partial charge on any atom is 0.289 e. The van der Waals surface area contributed by atoms with Crippen LogP contribution in [0.4, 0.5) is 0 Å². The summed E-state index contributed by atoms with van der Waals surface area (Å²) >= 11 is 0. The number of amidine groups is 1. The van der Waals surface area contributed by atoms with Crippen LogP contribution in [0.3, 0.4) is 0 Å². The van der Waals surface area contributed by atoms with E-state index in [1.54, 1.807) is 17.0 Å². The van der Waals surface area contributed by atoms with Crippen molar-refractivity contribution in [2.45, 2.75) is 26.3 Å². The molecule has 1 unspecified atom stereocenters. The van der Waals surface area contributed by atoms with Crippen molar-refractivity contribution in [3.05, 3.63) is 105 Å². The predicted octanol–water partition coefficient (Wildman–Crippen LogP) is 4.20. The zero-order valence-electron chi connectivity index (χ0n) is 22.7. The van der Waals surface area contributed by atoms with Gasteiger partial charge in [-0.25, -0.2) is 0 Å². The number of benzene rings is 2. The first-order valence-electron chi connectivity index (χ1n) is 13.3. The molecular weight excluding hydrogens is 506 g/mol. The Kier molecular flexibility index (Phi) is 8.16. The normalized spacial score (nSPS) is 15.7.